The van der Waals surface area contributed by atoms with Crippen molar-refractivity contribution in [2.75, 3.05) is 18.9 Å². The highest BCUT2D eigenvalue weighted by atomic mass is 16.7. The first-order valence-electron chi connectivity index (χ1n) is 9.53. The van der Waals surface area contributed by atoms with Gasteiger partial charge >= 0.3 is 18.1 Å². The lowest BCUT2D eigenvalue weighted by Crippen LogP contribution is -2.49. The van der Waals surface area contributed by atoms with E-state index < -0.39 is 48.6 Å². The van der Waals surface area contributed by atoms with E-state index in [4.69, 9.17) is 29.4 Å². The Bertz CT molecular complexity index is 1080. The average Bonchev–Trinajstić information content (AvgIpc) is 3.28. The normalized spacial score (nSPS) is 24.5. The molecule has 3 rings (SSSR count). The summed E-state index contributed by atoms with van der Waals surface area (Å²) in [6.07, 6.45) is -3.67. The Hall–Kier alpha value is -3.92. The van der Waals surface area contributed by atoms with Gasteiger partial charge in [0.25, 0.3) is 0 Å². The number of esters is 2. The van der Waals surface area contributed by atoms with Crippen LogP contribution in [0.5, 0.6) is 0 Å². The van der Waals surface area contributed by atoms with Gasteiger partial charge in [-0.3, -0.25) is 9.59 Å². The Morgan fingerprint density at radius 1 is 1.25 bits per heavy atom. The van der Waals surface area contributed by atoms with Gasteiger partial charge in [0.05, 0.1) is 12.3 Å². The molecule has 13 heteroatoms. The molecule has 0 amide bonds. The van der Waals surface area contributed by atoms with E-state index in [0.717, 1.165) is 13.8 Å². The maximum Gasteiger partial charge on any atom is 0.508 e. The van der Waals surface area contributed by atoms with Crippen LogP contribution in [0, 0.1) is 11.3 Å². The van der Waals surface area contributed by atoms with Gasteiger partial charge in [0, 0.05) is 13.8 Å². The molecule has 3 heterocycles. The second kappa shape index (κ2) is 9.06. The molecule has 0 saturated carbocycles. The number of anilines is 1. The molecule has 0 radical (unpaired) electrons. The zero-order valence-electron chi connectivity index (χ0n) is 17.5. The van der Waals surface area contributed by atoms with Crippen LogP contribution in [0.15, 0.2) is 18.5 Å². The lowest BCUT2D eigenvalue weighted by Gasteiger charge is -2.27. The van der Waals surface area contributed by atoms with E-state index in [1.807, 2.05) is 6.07 Å². The van der Waals surface area contributed by atoms with Crippen molar-refractivity contribution in [3.05, 3.63) is 24.2 Å². The number of nitrogens with two attached hydrogens (primary N) is 1. The molecule has 170 valence electrons. The highest BCUT2D eigenvalue weighted by Crippen LogP contribution is 2.44. The van der Waals surface area contributed by atoms with E-state index in [-0.39, 0.29) is 12.4 Å². The van der Waals surface area contributed by atoms with Crippen LogP contribution in [0.1, 0.15) is 32.6 Å². The van der Waals surface area contributed by atoms with Crippen molar-refractivity contribution < 1.29 is 38.1 Å². The van der Waals surface area contributed by atoms with Crippen LogP contribution in [-0.4, -0.2) is 63.7 Å². The van der Waals surface area contributed by atoms with Crippen molar-refractivity contribution in [2.24, 2.45) is 0 Å². The van der Waals surface area contributed by atoms with Gasteiger partial charge in [0.1, 0.15) is 30.6 Å². The predicted molar refractivity (Wildman–Crippen MR) is 104 cm³/mol. The number of aromatic nitrogens is 3. The zero-order valence-corrected chi connectivity index (χ0v) is 17.5. The second-order valence-corrected chi connectivity index (χ2v) is 6.82. The fourth-order valence-electron chi connectivity index (χ4n) is 3.42. The number of rotatable bonds is 6. The number of nitrogen functional groups attached to an aromatic ring is 1. The third-order valence-corrected chi connectivity index (χ3v) is 4.65. The molecule has 1 fully saturated rings. The summed E-state index contributed by atoms with van der Waals surface area (Å²) >= 11 is 0. The van der Waals surface area contributed by atoms with Gasteiger partial charge in [-0.1, -0.05) is 0 Å². The molecule has 2 aromatic rings. The molecule has 0 unspecified atom stereocenters. The Morgan fingerprint density at radius 2 is 1.97 bits per heavy atom. The van der Waals surface area contributed by atoms with Crippen molar-refractivity contribution in [2.45, 2.75) is 44.7 Å². The van der Waals surface area contributed by atoms with Gasteiger partial charge in [-0.15, -0.1) is 0 Å². The number of carbonyl (C=O) groups is 3. The standard InChI is InChI=1S/C19H21N5O8/c1-4-28-18(27)29-8-19(7-20)16(31-11(3)26)15(30-10(2)25)14(32-19)12-5-6-13-17(21)22-9-23-24(12)13/h5-6,9,14-16H,4,8H2,1-3H3,(H2,21,22,23)/t14-,15-,16-,19+/m0/s1. The van der Waals surface area contributed by atoms with E-state index >= 15 is 0 Å². The van der Waals surface area contributed by atoms with E-state index in [0.29, 0.717) is 11.2 Å². The summed E-state index contributed by atoms with van der Waals surface area (Å²) in [5.74, 6) is -1.29. The van der Waals surface area contributed by atoms with Gasteiger partial charge in [-0.2, -0.15) is 10.4 Å². The van der Waals surface area contributed by atoms with Gasteiger partial charge in [-0.25, -0.2) is 14.3 Å². The van der Waals surface area contributed by atoms with Gasteiger partial charge < -0.3 is 29.4 Å². The van der Waals surface area contributed by atoms with Crippen LogP contribution in [0.25, 0.3) is 5.52 Å². The Morgan fingerprint density at radius 3 is 2.59 bits per heavy atom. The minimum atomic E-state index is -2.01. The molecule has 1 aliphatic heterocycles. The lowest BCUT2D eigenvalue weighted by atomic mass is 9.95. The van der Waals surface area contributed by atoms with Crippen molar-refractivity contribution in [1.29, 1.82) is 5.26 Å². The summed E-state index contributed by atoms with van der Waals surface area (Å²) < 4.78 is 27.8. The molecule has 1 saturated heterocycles. The molecule has 4 atom stereocenters. The number of hydrogen-bond acceptors (Lipinski definition) is 12. The molecular weight excluding hydrogens is 426 g/mol. The molecule has 2 N–H and O–H groups in total. The summed E-state index contributed by atoms with van der Waals surface area (Å²) in [4.78, 5) is 39.3. The van der Waals surface area contributed by atoms with Crippen LogP contribution < -0.4 is 5.73 Å². The van der Waals surface area contributed by atoms with Crippen LogP contribution >= 0.6 is 0 Å². The maximum absolute atomic E-state index is 11.9. The van der Waals surface area contributed by atoms with Crippen LogP contribution in [0.4, 0.5) is 10.6 Å². The summed E-state index contributed by atoms with van der Waals surface area (Å²) in [6, 6.07) is 5.10. The summed E-state index contributed by atoms with van der Waals surface area (Å²) in [5.41, 5.74) is 4.64. The predicted octanol–water partition coefficient (Wildman–Crippen LogP) is 0.682. The fourth-order valence-corrected chi connectivity index (χ4v) is 3.42. The Labute approximate surface area is 181 Å². The number of ether oxygens (including phenoxy) is 5. The number of fused-ring (bicyclic) bond motifs is 1. The summed E-state index contributed by atoms with van der Waals surface area (Å²) in [7, 11) is 0. The molecule has 2 aromatic heterocycles. The second-order valence-electron chi connectivity index (χ2n) is 6.82. The highest BCUT2D eigenvalue weighted by Gasteiger charge is 2.61. The van der Waals surface area contributed by atoms with Crippen LogP contribution in [0.2, 0.25) is 0 Å². The van der Waals surface area contributed by atoms with E-state index in [9.17, 15) is 19.6 Å². The molecular formula is C19H21N5O8. The first-order chi connectivity index (χ1) is 15.2. The summed E-state index contributed by atoms with van der Waals surface area (Å²) in [6.45, 7) is 3.23. The van der Waals surface area contributed by atoms with Crippen LogP contribution in [-0.2, 0) is 33.3 Å². The Kier molecular flexibility index (Phi) is 6.45. The number of nitriles is 1. The maximum atomic E-state index is 11.9. The largest absolute Gasteiger partial charge is 0.508 e. The van der Waals surface area contributed by atoms with E-state index in [1.165, 1.54) is 10.8 Å². The quantitative estimate of drug-likeness (QED) is 0.484. The molecule has 0 aromatic carbocycles. The molecule has 0 spiro atoms. The minimum Gasteiger partial charge on any atom is -0.455 e. The first kappa shape index (κ1) is 22.8. The molecule has 0 bridgehead atoms. The molecule has 32 heavy (non-hydrogen) atoms. The SMILES string of the molecule is CCOC(=O)OC[C@@]1(C#N)O[C@@H](c2ccc3c(N)ncnn23)[C@H](OC(C)=O)[C@@H]1OC(C)=O. The Balaban J connectivity index is 2.08. The van der Waals surface area contributed by atoms with Crippen molar-refractivity contribution in [3.8, 4) is 6.07 Å². The molecule has 1 aliphatic rings. The highest BCUT2D eigenvalue weighted by molar-refractivity contribution is 5.68. The molecule has 13 nitrogen and oxygen atoms in total. The number of carbonyl (C=O) groups excluding carboxylic acids is 3. The lowest BCUT2D eigenvalue weighted by molar-refractivity contribution is -0.167. The van der Waals surface area contributed by atoms with Crippen molar-refractivity contribution in [3.63, 3.8) is 0 Å². The van der Waals surface area contributed by atoms with Crippen molar-refractivity contribution >= 4 is 29.4 Å². The third kappa shape index (κ3) is 4.26. The van der Waals surface area contributed by atoms with E-state index in [2.05, 4.69) is 10.1 Å². The van der Waals surface area contributed by atoms with Crippen molar-refractivity contribution in [1.82, 2.24) is 14.6 Å². The monoisotopic (exact) mass is 447 g/mol. The number of nitrogens with zero attached hydrogens (tertiary/aromatic N) is 4. The smallest absolute Gasteiger partial charge is 0.455 e. The number of hydrogen-bond donors (Lipinski definition) is 1. The zero-order chi connectivity index (χ0) is 23.5. The third-order valence-electron chi connectivity index (χ3n) is 4.65. The fraction of sp³-hybridized carbons (Fsp3) is 0.474. The average molecular weight is 447 g/mol. The molecule has 0 aliphatic carbocycles. The summed E-state index contributed by atoms with van der Waals surface area (Å²) in [5, 5.41) is 14.1. The topological polar surface area (TPSA) is 177 Å². The van der Waals surface area contributed by atoms with Gasteiger partial charge in [-0.05, 0) is 19.1 Å². The van der Waals surface area contributed by atoms with E-state index in [1.54, 1.807) is 19.1 Å². The van der Waals surface area contributed by atoms with Gasteiger partial charge in [0.15, 0.2) is 18.0 Å². The van der Waals surface area contributed by atoms with Crippen LogP contribution in [0.3, 0.4) is 0 Å². The van der Waals surface area contributed by atoms with Gasteiger partial charge in [0.2, 0.25) is 5.60 Å². The first-order valence-corrected chi connectivity index (χ1v) is 9.53. The minimum absolute atomic E-state index is 0.0442.